The monoisotopic (exact) mass is 394 g/mol. The van der Waals surface area contributed by atoms with Gasteiger partial charge in [-0.3, -0.25) is 4.79 Å². The topological polar surface area (TPSA) is 47.1 Å². The first kappa shape index (κ1) is 19.4. The van der Waals surface area contributed by atoms with Crippen molar-refractivity contribution < 1.29 is 31.7 Å². The summed E-state index contributed by atoms with van der Waals surface area (Å²) in [6.07, 6.45) is -3.32. The zero-order valence-corrected chi connectivity index (χ0v) is 14.7. The van der Waals surface area contributed by atoms with Crippen molar-refractivity contribution in [2.45, 2.75) is 12.5 Å². The number of nitrogens with zero attached hydrogens (tertiary/aromatic N) is 2. The summed E-state index contributed by atoms with van der Waals surface area (Å²) in [6.45, 7) is 0. The van der Waals surface area contributed by atoms with E-state index < -0.39 is 12.5 Å². The molecule has 0 aliphatic heterocycles. The van der Waals surface area contributed by atoms with Crippen molar-refractivity contribution in [1.82, 2.24) is 4.68 Å². The number of carbonyl (C=O) groups is 1. The molecule has 146 valence electrons. The van der Waals surface area contributed by atoms with Crippen LogP contribution in [0, 0.1) is 0 Å². The molecule has 0 spiro atoms. The van der Waals surface area contributed by atoms with Gasteiger partial charge in [0.1, 0.15) is 11.9 Å². The van der Waals surface area contributed by atoms with Gasteiger partial charge in [0.25, 0.3) is 12.2 Å². The molecule has 0 saturated carbocycles. The molecule has 0 bridgehead atoms. The molecule has 1 N–H and O–H groups in total. The highest BCUT2D eigenvalue weighted by Crippen LogP contribution is 2.29. The van der Waals surface area contributed by atoms with Crippen LogP contribution in [-0.2, 0) is 7.05 Å². The van der Waals surface area contributed by atoms with E-state index in [1.54, 1.807) is 47.6 Å². The second-order valence-electron chi connectivity index (χ2n) is 5.99. The third-order valence-corrected chi connectivity index (χ3v) is 3.84. The number of hydrogen-bond acceptors (Lipinski definition) is 2. The van der Waals surface area contributed by atoms with Crippen molar-refractivity contribution >= 4 is 5.91 Å². The summed E-state index contributed by atoms with van der Waals surface area (Å²) >= 11 is 0. The molecule has 5 nitrogen and oxygen atoms in total. The molecule has 1 heterocycles. The lowest BCUT2D eigenvalue weighted by Gasteiger charge is -2.16. The van der Waals surface area contributed by atoms with Crippen molar-refractivity contribution in [3.8, 4) is 16.9 Å². The minimum Gasteiger partial charge on any atom is -0.428 e. The molecule has 0 fully saturated rings. The number of carbonyl (C=O) groups excluding carboxylic acids is 1. The fourth-order valence-electron chi connectivity index (χ4n) is 2.43. The average molecular weight is 394 g/mol. The number of aryl methyl sites for hydroxylation is 1. The van der Waals surface area contributed by atoms with Gasteiger partial charge >= 0.3 is 12.5 Å². The first-order valence-electron chi connectivity index (χ1n) is 8.15. The van der Waals surface area contributed by atoms with E-state index in [0.29, 0.717) is 11.1 Å². The summed E-state index contributed by atoms with van der Waals surface area (Å²) < 4.78 is 57.5. The lowest BCUT2D eigenvalue weighted by atomic mass is 10.0. The standard InChI is InChI=1S/C19H15F4N3O2/c1-25-10-11-26(12-25)24-17(27)15-4-2-13(3-5-15)14-6-8-16(9-7-14)28-19(22,23)18(20)21/h2-12,18H,1H3/p+1. The normalized spacial score (nSPS) is 11.5. The summed E-state index contributed by atoms with van der Waals surface area (Å²) in [7, 11) is 1.82. The number of halogens is 4. The summed E-state index contributed by atoms with van der Waals surface area (Å²) in [5.74, 6) is -0.675. The van der Waals surface area contributed by atoms with Crippen molar-refractivity contribution in [2.24, 2.45) is 7.05 Å². The molecule has 2 aromatic carbocycles. The molecule has 3 aromatic rings. The zero-order valence-electron chi connectivity index (χ0n) is 14.7. The van der Waals surface area contributed by atoms with Crippen LogP contribution in [0.3, 0.4) is 0 Å². The van der Waals surface area contributed by atoms with E-state index in [2.05, 4.69) is 10.2 Å². The quantitative estimate of drug-likeness (QED) is 0.513. The minimum atomic E-state index is -4.55. The SMILES string of the molecule is C[n+]1ccn(NC(=O)c2ccc(-c3ccc(OC(F)(F)C(F)F)cc3)cc2)c1. The number of rotatable bonds is 6. The third kappa shape index (κ3) is 4.48. The van der Waals surface area contributed by atoms with Crippen LogP contribution in [0.2, 0.25) is 0 Å². The Bertz CT molecular complexity index is 954. The lowest BCUT2D eigenvalue weighted by molar-refractivity contribution is -0.670. The summed E-state index contributed by atoms with van der Waals surface area (Å²) in [4.78, 5) is 12.2. The molecule has 0 radical (unpaired) electrons. The largest absolute Gasteiger partial charge is 0.461 e. The molecule has 0 atom stereocenters. The molecule has 9 heteroatoms. The van der Waals surface area contributed by atoms with Gasteiger partial charge in [0.2, 0.25) is 0 Å². The molecule has 1 amide bonds. The Balaban J connectivity index is 1.68. The second-order valence-corrected chi connectivity index (χ2v) is 5.99. The van der Waals surface area contributed by atoms with Crippen LogP contribution >= 0.6 is 0 Å². The number of imidazole rings is 1. The van der Waals surface area contributed by atoms with E-state index in [0.717, 1.165) is 5.56 Å². The zero-order chi connectivity index (χ0) is 20.3. The Morgan fingerprint density at radius 3 is 2.14 bits per heavy atom. The summed E-state index contributed by atoms with van der Waals surface area (Å²) in [5.41, 5.74) is 4.48. The van der Waals surface area contributed by atoms with Crippen LogP contribution in [-0.4, -0.2) is 23.1 Å². The van der Waals surface area contributed by atoms with Gasteiger partial charge in [-0.2, -0.15) is 23.0 Å². The highest BCUT2D eigenvalue weighted by Gasteiger charge is 2.43. The Kier molecular flexibility index (Phi) is 5.34. The van der Waals surface area contributed by atoms with Gasteiger partial charge in [-0.05, 0) is 35.4 Å². The molecular weight excluding hydrogens is 378 g/mol. The highest BCUT2D eigenvalue weighted by atomic mass is 19.3. The molecular formula is C19H16F4N3O2+. The molecule has 0 saturated heterocycles. The molecule has 0 unspecified atom stereocenters. The Hall–Kier alpha value is -3.36. The second kappa shape index (κ2) is 7.71. The number of aromatic nitrogens is 2. The number of ether oxygens (including phenoxy) is 1. The van der Waals surface area contributed by atoms with Crippen LogP contribution in [0.15, 0.2) is 67.3 Å². The van der Waals surface area contributed by atoms with Crippen molar-refractivity contribution in [3.63, 3.8) is 0 Å². The fraction of sp³-hybridized carbons (Fsp3) is 0.158. The van der Waals surface area contributed by atoms with Crippen LogP contribution < -0.4 is 14.7 Å². The molecule has 3 rings (SSSR count). The Labute approximate surface area is 157 Å². The van der Waals surface area contributed by atoms with Crippen LogP contribution in [0.25, 0.3) is 11.1 Å². The summed E-state index contributed by atoms with van der Waals surface area (Å²) in [6, 6.07) is 11.9. The van der Waals surface area contributed by atoms with E-state index in [-0.39, 0.29) is 11.7 Å². The average Bonchev–Trinajstić information content (AvgIpc) is 3.07. The lowest BCUT2D eigenvalue weighted by Crippen LogP contribution is -2.33. The smallest absolute Gasteiger partial charge is 0.428 e. The van der Waals surface area contributed by atoms with Gasteiger partial charge in [-0.1, -0.05) is 24.3 Å². The van der Waals surface area contributed by atoms with E-state index in [4.69, 9.17) is 0 Å². The first-order valence-corrected chi connectivity index (χ1v) is 8.15. The number of alkyl halides is 4. The van der Waals surface area contributed by atoms with Crippen molar-refractivity contribution in [3.05, 3.63) is 72.8 Å². The predicted molar refractivity (Wildman–Crippen MR) is 92.8 cm³/mol. The van der Waals surface area contributed by atoms with Gasteiger partial charge in [-0.25, -0.2) is 4.57 Å². The van der Waals surface area contributed by atoms with Gasteiger partial charge in [0.05, 0.1) is 7.05 Å². The molecule has 0 aliphatic rings. The fourth-order valence-corrected chi connectivity index (χ4v) is 2.43. The van der Waals surface area contributed by atoms with Crippen molar-refractivity contribution in [1.29, 1.82) is 0 Å². The Morgan fingerprint density at radius 1 is 1.07 bits per heavy atom. The maximum absolute atomic E-state index is 12.9. The summed E-state index contributed by atoms with van der Waals surface area (Å²) in [5, 5.41) is 0. The van der Waals surface area contributed by atoms with Gasteiger partial charge in [0.15, 0.2) is 6.20 Å². The number of hydrogen-bond donors (Lipinski definition) is 1. The van der Waals surface area contributed by atoms with E-state index in [1.165, 1.54) is 28.9 Å². The van der Waals surface area contributed by atoms with Gasteiger partial charge in [-0.15, -0.1) is 4.68 Å². The third-order valence-electron chi connectivity index (χ3n) is 3.84. The van der Waals surface area contributed by atoms with Crippen LogP contribution in [0.4, 0.5) is 17.6 Å². The van der Waals surface area contributed by atoms with Gasteiger partial charge in [0, 0.05) is 5.56 Å². The first-order chi connectivity index (χ1) is 13.2. The van der Waals surface area contributed by atoms with E-state index >= 15 is 0 Å². The Morgan fingerprint density at radius 2 is 1.64 bits per heavy atom. The van der Waals surface area contributed by atoms with E-state index in [1.807, 2.05) is 7.05 Å². The predicted octanol–water partition coefficient (Wildman–Crippen LogP) is 3.60. The van der Waals surface area contributed by atoms with Crippen LogP contribution in [0.1, 0.15) is 10.4 Å². The molecule has 28 heavy (non-hydrogen) atoms. The maximum Gasteiger partial charge on any atom is 0.461 e. The van der Waals surface area contributed by atoms with Crippen molar-refractivity contribution in [2.75, 3.05) is 5.43 Å². The van der Waals surface area contributed by atoms with Gasteiger partial charge < -0.3 is 4.74 Å². The minimum absolute atomic E-state index is 0.305. The molecule has 1 aromatic heterocycles. The van der Waals surface area contributed by atoms with E-state index in [9.17, 15) is 22.4 Å². The highest BCUT2D eigenvalue weighted by molar-refractivity contribution is 6.00. The molecule has 0 aliphatic carbocycles. The number of nitrogens with one attached hydrogen (secondary N) is 1. The van der Waals surface area contributed by atoms with Crippen LogP contribution in [0.5, 0.6) is 5.75 Å². The number of benzene rings is 2. The maximum atomic E-state index is 12.9. The number of amides is 1.